The van der Waals surface area contributed by atoms with Gasteiger partial charge in [-0.3, -0.25) is 0 Å². The molecule has 0 aliphatic heterocycles. The van der Waals surface area contributed by atoms with Crippen LogP contribution in [0.4, 0.5) is 0 Å². The van der Waals surface area contributed by atoms with Crippen molar-refractivity contribution < 1.29 is 104 Å². The first-order valence-electron chi connectivity index (χ1n) is 44.5. The van der Waals surface area contributed by atoms with Crippen molar-refractivity contribution in [1.82, 2.24) is 0 Å². The molecule has 33 nitrogen and oxygen atoms in total. The van der Waals surface area contributed by atoms with Crippen molar-refractivity contribution in [2.45, 2.75) is 312 Å². The van der Waals surface area contributed by atoms with Crippen LogP contribution in [-0.4, -0.2) is 352 Å². The van der Waals surface area contributed by atoms with E-state index in [-0.39, 0.29) is 127 Å². The Bertz CT molecular complexity index is 1920. The third kappa shape index (κ3) is 77.5. The van der Waals surface area contributed by atoms with Crippen LogP contribution in [0.25, 0.3) is 0 Å². The molecule has 720 valence electrons. The molecule has 0 amide bonds. The summed E-state index contributed by atoms with van der Waals surface area (Å²) in [5.41, 5.74) is 62.7. The SMILES string of the molecule is CC(C)COC(C)COCC(COCC(C)N)(COCC(C)N)COCC(C)OCC(C)N.CC(N)COC(C)COCC(COCC(C)OCC(C)N)(COCC(C)OCC(C)N)COCC(C)OCC(C)N.CCC(COCC(COCC(CC)OCC(C)N)(COCC(CC)OCC(C)N)COCC(CC)OCC(C)N)OCC(C)N. The van der Waals surface area contributed by atoms with Crippen molar-refractivity contribution in [3.63, 3.8) is 0 Å². The maximum Gasteiger partial charge on any atom is 0.0806 e. The largest absolute Gasteiger partial charge is 0.379 e. The summed E-state index contributed by atoms with van der Waals surface area (Å²) in [6, 6.07) is -0.505. The molecule has 33 heteroatoms. The van der Waals surface area contributed by atoms with Gasteiger partial charge in [0.1, 0.15) is 0 Å². The summed E-state index contributed by atoms with van der Waals surface area (Å²) in [5, 5.41) is 0. The van der Waals surface area contributed by atoms with Crippen molar-refractivity contribution in [2.24, 2.45) is 85.2 Å². The molecule has 21 atom stereocenters. The number of rotatable bonds is 82. The van der Waals surface area contributed by atoms with Crippen molar-refractivity contribution in [3.05, 3.63) is 0 Å². The fraction of sp³-hybridized carbons (Fsp3) is 1.00. The normalized spacial score (nSPS) is 19.1. The lowest BCUT2D eigenvalue weighted by Gasteiger charge is -2.35. The van der Waals surface area contributed by atoms with Gasteiger partial charge in [0.2, 0.25) is 0 Å². The second kappa shape index (κ2) is 76.7. The second-order valence-corrected chi connectivity index (χ2v) is 35.1. The van der Waals surface area contributed by atoms with E-state index in [4.69, 9.17) is 167 Å². The first-order chi connectivity index (χ1) is 56.1. The first-order valence-corrected chi connectivity index (χ1v) is 44.5. The third-order valence-corrected chi connectivity index (χ3v) is 17.1. The van der Waals surface area contributed by atoms with E-state index in [1.165, 1.54) is 0 Å². The van der Waals surface area contributed by atoms with Crippen LogP contribution in [0.15, 0.2) is 0 Å². The highest BCUT2D eigenvalue weighted by molar-refractivity contribution is 4.84. The zero-order valence-corrected chi connectivity index (χ0v) is 79.4. The summed E-state index contributed by atoms with van der Waals surface area (Å²) in [5.74, 6) is 0.477. The van der Waals surface area contributed by atoms with Gasteiger partial charge in [0.15, 0.2) is 0 Å². The Balaban J connectivity index is -0.00000172. The van der Waals surface area contributed by atoms with Crippen molar-refractivity contribution in [2.75, 3.05) is 225 Å². The Hall–Kier alpha value is -1.32. The van der Waals surface area contributed by atoms with Gasteiger partial charge in [0.25, 0.3) is 0 Å². The molecule has 0 aliphatic carbocycles. The summed E-state index contributed by atoms with van der Waals surface area (Å²) >= 11 is 0. The van der Waals surface area contributed by atoms with Crippen LogP contribution in [0, 0.1) is 22.2 Å². The molecule has 0 rings (SSSR count). The van der Waals surface area contributed by atoms with Crippen LogP contribution in [0.2, 0.25) is 0 Å². The molecule has 0 aromatic rings. The molecule has 0 bridgehead atoms. The van der Waals surface area contributed by atoms with E-state index < -0.39 is 16.2 Å². The van der Waals surface area contributed by atoms with Gasteiger partial charge in [-0.15, -0.1) is 0 Å². The molecule has 0 aromatic heterocycles. The van der Waals surface area contributed by atoms with Gasteiger partial charge < -0.3 is 167 Å². The van der Waals surface area contributed by atoms with Crippen LogP contribution in [-0.2, 0) is 104 Å². The third-order valence-electron chi connectivity index (χ3n) is 17.1. The van der Waals surface area contributed by atoms with Crippen LogP contribution < -0.4 is 63.1 Å². The van der Waals surface area contributed by atoms with Gasteiger partial charge in [0, 0.05) is 73.1 Å². The van der Waals surface area contributed by atoms with Crippen molar-refractivity contribution in [3.8, 4) is 0 Å². The van der Waals surface area contributed by atoms with E-state index in [0.29, 0.717) is 231 Å². The minimum Gasteiger partial charge on any atom is -0.379 e. The van der Waals surface area contributed by atoms with E-state index in [1.807, 2.05) is 118 Å². The number of ether oxygens (including phenoxy) is 22. The van der Waals surface area contributed by atoms with Gasteiger partial charge in [-0.25, -0.2) is 0 Å². The lowest BCUT2D eigenvalue weighted by Crippen LogP contribution is -2.44. The summed E-state index contributed by atoms with van der Waals surface area (Å²) in [4.78, 5) is 0. The average Bonchev–Trinajstić information content (AvgIpc) is 0.868. The molecule has 0 aromatic carbocycles. The second-order valence-electron chi connectivity index (χ2n) is 35.1. The predicted octanol–water partition coefficient (Wildman–Crippen LogP) is 5.20. The number of hydrogen-bond donors (Lipinski definition) is 11. The molecule has 22 N–H and O–H groups in total. The minimum atomic E-state index is -0.613. The quantitative estimate of drug-likeness (QED) is 0.0372. The van der Waals surface area contributed by atoms with Crippen LogP contribution in [0.3, 0.4) is 0 Å². The summed E-state index contributed by atoms with van der Waals surface area (Å²) < 4.78 is 132. The molecular formula is C86H189N11O22. The fourth-order valence-corrected chi connectivity index (χ4v) is 10.5. The van der Waals surface area contributed by atoms with Crippen molar-refractivity contribution >= 4 is 0 Å². The number of nitrogens with two attached hydrogens (primary N) is 11. The number of hydrogen-bond acceptors (Lipinski definition) is 33. The van der Waals surface area contributed by atoms with Crippen LogP contribution in [0.1, 0.15) is 185 Å². The fourth-order valence-electron chi connectivity index (χ4n) is 10.5. The Morgan fingerprint density at radius 1 is 0.160 bits per heavy atom. The Kier molecular flexibility index (Phi) is 78.5. The van der Waals surface area contributed by atoms with Gasteiger partial charge in [0.05, 0.1) is 295 Å². The minimum absolute atomic E-state index is 0.00680. The zero-order chi connectivity index (χ0) is 90.6. The summed E-state index contributed by atoms with van der Waals surface area (Å²) in [6.07, 6.45) is 2.40. The maximum absolute atomic E-state index is 6.32. The van der Waals surface area contributed by atoms with E-state index in [2.05, 4.69) is 41.5 Å². The Morgan fingerprint density at radius 3 is 0.420 bits per heavy atom. The highest BCUT2D eigenvalue weighted by Gasteiger charge is 2.37. The zero-order valence-electron chi connectivity index (χ0n) is 79.4. The molecule has 0 aliphatic rings. The highest BCUT2D eigenvalue weighted by Crippen LogP contribution is 2.26. The lowest BCUT2D eigenvalue weighted by molar-refractivity contribution is -0.142. The maximum atomic E-state index is 6.32. The van der Waals surface area contributed by atoms with Crippen molar-refractivity contribution in [1.29, 1.82) is 0 Å². The van der Waals surface area contributed by atoms with Gasteiger partial charge in [-0.2, -0.15) is 0 Å². The molecule has 0 saturated heterocycles. The van der Waals surface area contributed by atoms with Crippen LogP contribution in [0.5, 0.6) is 0 Å². The molecular weight excluding hydrogens is 1540 g/mol. The van der Waals surface area contributed by atoms with Gasteiger partial charge in [-0.1, -0.05) is 41.5 Å². The van der Waals surface area contributed by atoms with E-state index in [9.17, 15) is 0 Å². The molecule has 0 fully saturated rings. The van der Waals surface area contributed by atoms with Gasteiger partial charge >= 0.3 is 0 Å². The smallest absolute Gasteiger partial charge is 0.0806 e. The van der Waals surface area contributed by atoms with E-state index >= 15 is 0 Å². The highest BCUT2D eigenvalue weighted by atomic mass is 16.6. The summed E-state index contributed by atoms with van der Waals surface area (Å²) in [6.45, 7) is 59.7. The molecule has 21 unspecified atom stereocenters. The summed E-state index contributed by atoms with van der Waals surface area (Å²) in [7, 11) is 0. The standard InChI is InChI=1S/C33H72N4O8.C29H64N4O8.C24H53N3O6/c1-9-29(42-13-25(5)34)17-38-21-33(22-39-18-30(10-2)43-14-26(6)35,23-40-19-31(11-3)44-15-27(7)36)24-41-20-32(12-4)45-16-28(8)37;1-21(30)9-38-25(5)13-34-17-29(18-35-14-26(6)39-10-22(2)31,19-36-15-27(7)40-11-23(3)32)20-37-16-28(8)41-12-24(4)33;1-18(2)8-32-22(6)12-30-16-24(14-28-9-19(3)25,15-29-10-20(4)26)17-31-13-23(7)33-11-21(5)27/h25-32H,9-24,34-37H2,1-8H3;21-28H,9-20,30-33H2,1-8H3;18-23H,8-17,25-27H2,1-7H3. The van der Waals surface area contributed by atoms with Gasteiger partial charge in [-0.05, 0) is 149 Å². The molecule has 0 saturated carbocycles. The topological polar surface area (TPSA) is 489 Å². The van der Waals surface area contributed by atoms with E-state index in [1.54, 1.807) is 0 Å². The Labute approximate surface area is 723 Å². The first kappa shape index (κ1) is 122. The average molecular weight is 1730 g/mol. The monoisotopic (exact) mass is 1730 g/mol. The van der Waals surface area contributed by atoms with Crippen LogP contribution >= 0.6 is 0 Å². The Morgan fingerprint density at radius 2 is 0.286 bits per heavy atom. The molecule has 0 heterocycles. The predicted molar refractivity (Wildman–Crippen MR) is 475 cm³/mol. The lowest BCUT2D eigenvalue weighted by atomic mass is 9.92. The molecule has 119 heavy (non-hydrogen) atoms. The van der Waals surface area contributed by atoms with E-state index in [0.717, 1.165) is 25.7 Å². The molecule has 0 radical (unpaired) electrons. The molecule has 0 spiro atoms.